The number of esters is 2. The van der Waals surface area contributed by atoms with Crippen LogP contribution in [0.5, 0.6) is 0 Å². The Balaban J connectivity index is 4.05. The molecule has 0 aromatic heterocycles. The second-order valence-corrected chi connectivity index (χ2v) is 16.4. The highest BCUT2D eigenvalue weighted by Crippen LogP contribution is 2.43. The van der Waals surface area contributed by atoms with Gasteiger partial charge in [-0.2, -0.15) is 0 Å². The molecule has 0 saturated carbocycles. The molecule has 314 valence electrons. The normalized spacial score (nSPS) is 13.4. The van der Waals surface area contributed by atoms with Crippen LogP contribution in [0.15, 0.2) is 12.2 Å². The Bertz CT molecular complexity index is 886. The van der Waals surface area contributed by atoms with Gasteiger partial charge in [-0.05, 0) is 38.5 Å². The highest BCUT2D eigenvalue weighted by Gasteiger charge is 2.26. The summed E-state index contributed by atoms with van der Waals surface area (Å²) in [6, 6.07) is 0. The summed E-state index contributed by atoms with van der Waals surface area (Å²) in [5, 5.41) is 0. The summed E-state index contributed by atoms with van der Waals surface area (Å²) >= 11 is 0. The van der Waals surface area contributed by atoms with E-state index < -0.39 is 26.5 Å². The Morgan fingerprint density at radius 1 is 0.547 bits per heavy atom. The van der Waals surface area contributed by atoms with Gasteiger partial charge in [0.05, 0.1) is 13.2 Å². The number of phosphoric ester groups is 1. The van der Waals surface area contributed by atoms with E-state index in [9.17, 15) is 19.0 Å². The molecule has 0 saturated heterocycles. The van der Waals surface area contributed by atoms with Crippen molar-refractivity contribution in [1.82, 2.24) is 0 Å². The smallest absolute Gasteiger partial charge is 0.462 e. The fourth-order valence-electron chi connectivity index (χ4n) is 6.34. The number of carbonyl (C=O) groups is 2. The lowest BCUT2D eigenvalue weighted by Gasteiger charge is -2.19. The third kappa shape index (κ3) is 40.2. The van der Waals surface area contributed by atoms with Crippen LogP contribution in [0.1, 0.15) is 219 Å². The summed E-state index contributed by atoms with van der Waals surface area (Å²) in [5.74, 6) is -0.820. The van der Waals surface area contributed by atoms with Crippen LogP contribution in [0.3, 0.4) is 0 Å². The first-order valence-electron chi connectivity index (χ1n) is 22.2. The van der Waals surface area contributed by atoms with Gasteiger partial charge in [0, 0.05) is 19.4 Å². The Kier molecular flexibility index (Phi) is 39.5. The van der Waals surface area contributed by atoms with Gasteiger partial charge in [-0.15, -0.1) is 0 Å². The van der Waals surface area contributed by atoms with Crippen molar-refractivity contribution in [2.75, 3.05) is 26.4 Å². The van der Waals surface area contributed by atoms with Crippen LogP contribution in [-0.2, 0) is 32.7 Å². The van der Waals surface area contributed by atoms with E-state index in [4.69, 9.17) is 24.3 Å². The van der Waals surface area contributed by atoms with Crippen LogP contribution in [0.4, 0.5) is 0 Å². The Labute approximate surface area is 326 Å². The number of ether oxygens (including phenoxy) is 2. The quantitative estimate of drug-likeness (QED) is 0.0269. The number of allylic oxidation sites excluding steroid dienone is 2. The molecule has 0 aliphatic heterocycles. The minimum atomic E-state index is -4.37. The van der Waals surface area contributed by atoms with Crippen LogP contribution >= 0.6 is 7.82 Å². The molecule has 2 atom stereocenters. The van der Waals surface area contributed by atoms with Crippen molar-refractivity contribution < 1.29 is 37.6 Å². The van der Waals surface area contributed by atoms with Crippen LogP contribution in [0, 0.1) is 0 Å². The number of unbranched alkanes of at least 4 members (excludes halogenated alkanes) is 27. The number of phosphoric acid groups is 1. The predicted octanol–water partition coefficient (Wildman–Crippen LogP) is 12.6. The van der Waals surface area contributed by atoms with E-state index in [0.29, 0.717) is 6.42 Å². The summed E-state index contributed by atoms with van der Waals surface area (Å²) in [6.45, 7) is 3.74. The van der Waals surface area contributed by atoms with Crippen LogP contribution in [-0.4, -0.2) is 49.3 Å². The van der Waals surface area contributed by atoms with E-state index >= 15 is 0 Å². The fraction of sp³-hybridized carbons (Fsp3) is 0.907. The van der Waals surface area contributed by atoms with E-state index in [1.165, 1.54) is 154 Å². The third-order valence-corrected chi connectivity index (χ3v) is 10.6. The molecule has 0 amide bonds. The molecule has 3 N–H and O–H groups in total. The molecule has 0 spiro atoms. The lowest BCUT2D eigenvalue weighted by molar-refractivity contribution is -0.161. The first-order chi connectivity index (χ1) is 25.8. The summed E-state index contributed by atoms with van der Waals surface area (Å²) in [6.07, 6.45) is 41.0. The highest BCUT2D eigenvalue weighted by atomic mass is 31.2. The number of hydrogen-bond donors (Lipinski definition) is 2. The van der Waals surface area contributed by atoms with Gasteiger partial charge in [-0.1, -0.05) is 180 Å². The van der Waals surface area contributed by atoms with Crippen molar-refractivity contribution in [3.05, 3.63) is 12.2 Å². The summed E-state index contributed by atoms with van der Waals surface area (Å²) < 4.78 is 32.8. The second-order valence-electron chi connectivity index (χ2n) is 14.9. The molecule has 10 heteroatoms. The minimum absolute atomic E-state index is 0.0562. The number of rotatable bonds is 42. The average Bonchev–Trinajstić information content (AvgIpc) is 3.14. The zero-order valence-electron chi connectivity index (χ0n) is 34.5. The highest BCUT2D eigenvalue weighted by molar-refractivity contribution is 7.47. The molecule has 0 bridgehead atoms. The minimum Gasteiger partial charge on any atom is -0.462 e. The van der Waals surface area contributed by atoms with Gasteiger partial charge in [-0.3, -0.25) is 18.6 Å². The maximum atomic E-state index is 12.6. The molecule has 0 fully saturated rings. The Morgan fingerprint density at radius 2 is 0.925 bits per heavy atom. The lowest BCUT2D eigenvalue weighted by Crippen LogP contribution is -2.29. The van der Waals surface area contributed by atoms with E-state index in [-0.39, 0.29) is 38.6 Å². The fourth-order valence-corrected chi connectivity index (χ4v) is 7.10. The number of nitrogens with two attached hydrogens (primary N) is 1. The maximum Gasteiger partial charge on any atom is 0.472 e. The molecule has 0 aromatic carbocycles. The topological polar surface area (TPSA) is 134 Å². The van der Waals surface area contributed by atoms with Crippen LogP contribution < -0.4 is 5.73 Å². The summed E-state index contributed by atoms with van der Waals surface area (Å²) in [4.78, 5) is 34.8. The molecular formula is C43H84NO8P. The van der Waals surface area contributed by atoms with Gasteiger partial charge >= 0.3 is 19.8 Å². The molecule has 0 aromatic rings. The first kappa shape index (κ1) is 51.8. The third-order valence-electron chi connectivity index (χ3n) is 9.65. The van der Waals surface area contributed by atoms with Crippen LogP contribution in [0.25, 0.3) is 0 Å². The molecule has 0 heterocycles. The Morgan fingerprint density at radius 3 is 1.34 bits per heavy atom. The van der Waals surface area contributed by atoms with Crippen molar-refractivity contribution in [3.63, 3.8) is 0 Å². The first-order valence-corrected chi connectivity index (χ1v) is 23.7. The Hall–Kier alpha value is -1.25. The molecule has 1 unspecified atom stereocenters. The average molecular weight is 774 g/mol. The molecule has 0 radical (unpaired) electrons. The van der Waals surface area contributed by atoms with Crippen molar-refractivity contribution >= 4 is 19.8 Å². The molecule has 0 rings (SSSR count). The van der Waals surface area contributed by atoms with E-state index in [1.54, 1.807) is 0 Å². The van der Waals surface area contributed by atoms with Gasteiger partial charge in [0.25, 0.3) is 0 Å². The van der Waals surface area contributed by atoms with Crippen molar-refractivity contribution in [2.45, 2.75) is 225 Å². The van der Waals surface area contributed by atoms with Gasteiger partial charge in [0.1, 0.15) is 6.61 Å². The van der Waals surface area contributed by atoms with Crippen molar-refractivity contribution in [2.24, 2.45) is 5.73 Å². The molecule has 53 heavy (non-hydrogen) atoms. The van der Waals surface area contributed by atoms with E-state index in [2.05, 4.69) is 26.0 Å². The largest absolute Gasteiger partial charge is 0.472 e. The van der Waals surface area contributed by atoms with Gasteiger partial charge in [0.15, 0.2) is 6.10 Å². The standard InChI is InChI=1S/C43H84NO8P/c1-3-5-7-9-11-13-15-16-17-18-19-20-21-22-23-24-26-28-30-32-34-36-43(46)52-41(40-51-53(47,48)50-38-37-44)39-49-42(45)35-33-31-29-27-25-14-12-10-8-6-4-2/h16-17,41H,3-15,18-40,44H2,1-2H3,(H,47,48)/b17-16-/t41-/m1/s1. The van der Waals surface area contributed by atoms with Gasteiger partial charge in [-0.25, -0.2) is 4.57 Å². The molecule has 0 aliphatic carbocycles. The van der Waals surface area contributed by atoms with Crippen molar-refractivity contribution in [1.29, 1.82) is 0 Å². The molecule has 0 aliphatic rings. The van der Waals surface area contributed by atoms with Crippen molar-refractivity contribution in [3.8, 4) is 0 Å². The summed E-state index contributed by atoms with van der Waals surface area (Å²) in [5.41, 5.74) is 5.34. The van der Waals surface area contributed by atoms with Crippen LogP contribution in [0.2, 0.25) is 0 Å². The van der Waals surface area contributed by atoms with Gasteiger partial charge in [0.2, 0.25) is 0 Å². The SMILES string of the molecule is CCCCCCCC/C=C\CCCCCCCCCCCCCC(=O)O[C@H](COC(=O)CCCCCCCCCCCCC)COP(=O)(O)OCCN. The van der Waals surface area contributed by atoms with E-state index in [1.807, 2.05) is 0 Å². The zero-order chi connectivity index (χ0) is 38.9. The predicted molar refractivity (Wildman–Crippen MR) is 220 cm³/mol. The zero-order valence-corrected chi connectivity index (χ0v) is 35.4. The molecular weight excluding hydrogens is 689 g/mol. The van der Waals surface area contributed by atoms with Gasteiger partial charge < -0.3 is 20.1 Å². The number of carbonyl (C=O) groups excluding carboxylic acids is 2. The molecule has 9 nitrogen and oxygen atoms in total. The monoisotopic (exact) mass is 774 g/mol. The maximum absolute atomic E-state index is 12.6. The lowest BCUT2D eigenvalue weighted by atomic mass is 10.0. The van der Waals surface area contributed by atoms with E-state index in [0.717, 1.165) is 32.1 Å². The number of hydrogen-bond acceptors (Lipinski definition) is 8. The second kappa shape index (κ2) is 40.4. The summed E-state index contributed by atoms with van der Waals surface area (Å²) in [7, 11) is -4.37.